The van der Waals surface area contributed by atoms with Gasteiger partial charge in [0.25, 0.3) is 6.47 Å². The first-order valence-corrected chi connectivity index (χ1v) is 10.4. The van der Waals surface area contributed by atoms with E-state index in [1.807, 2.05) is 48.2 Å². The molecule has 1 aliphatic rings. The molecule has 1 aromatic carbocycles. The summed E-state index contributed by atoms with van der Waals surface area (Å²) in [5.41, 5.74) is 2.07. The number of methoxy groups -OCH3 is 1. The smallest absolute Gasteiger partial charge is 0.290 e. The maximum absolute atomic E-state index is 12.3. The summed E-state index contributed by atoms with van der Waals surface area (Å²) in [6.45, 7) is 1.91. The van der Waals surface area contributed by atoms with Crippen molar-refractivity contribution in [3.8, 4) is 11.4 Å². The first-order valence-electron chi connectivity index (χ1n) is 10.4. The molecular formula is C21H28N8O4. The number of aromatic nitrogens is 5. The maximum atomic E-state index is 12.3. The van der Waals surface area contributed by atoms with E-state index < -0.39 is 0 Å². The molecular weight excluding hydrogens is 428 g/mol. The van der Waals surface area contributed by atoms with Gasteiger partial charge in [0, 0.05) is 32.1 Å². The Bertz CT molecular complexity index is 1070. The number of carboxylic acid groups (broad SMARTS) is 1. The summed E-state index contributed by atoms with van der Waals surface area (Å²) in [6.07, 6.45) is 3.06. The Labute approximate surface area is 191 Å². The number of hydrogen-bond acceptors (Lipinski definition) is 9. The summed E-state index contributed by atoms with van der Waals surface area (Å²) >= 11 is 0. The molecule has 0 unspecified atom stereocenters. The van der Waals surface area contributed by atoms with Crippen molar-refractivity contribution in [2.24, 2.45) is 0 Å². The van der Waals surface area contributed by atoms with Crippen molar-refractivity contribution in [1.82, 2.24) is 34.8 Å². The van der Waals surface area contributed by atoms with E-state index in [4.69, 9.17) is 14.6 Å². The van der Waals surface area contributed by atoms with E-state index >= 15 is 0 Å². The Morgan fingerprint density at radius 3 is 2.73 bits per heavy atom. The van der Waals surface area contributed by atoms with Crippen molar-refractivity contribution < 1.29 is 19.4 Å². The molecule has 12 heteroatoms. The molecule has 1 atom stereocenters. The van der Waals surface area contributed by atoms with Crippen LogP contribution in [-0.2, 0) is 9.59 Å². The van der Waals surface area contributed by atoms with Gasteiger partial charge in [-0.2, -0.15) is 9.67 Å². The number of nitrogens with zero attached hydrogens (tertiary/aromatic N) is 7. The lowest BCUT2D eigenvalue weighted by atomic mass is 10.3. The molecule has 1 saturated heterocycles. The number of anilines is 1. The predicted octanol–water partition coefficient (Wildman–Crippen LogP) is 0.884. The van der Waals surface area contributed by atoms with Crippen LogP contribution in [0.5, 0.6) is 5.75 Å². The van der Waals surface area contributed by atoms with Gasteiger partial charge in [-0.25, -0.2) is 4.98 Å². The number of ether oxygens (including phenoxy) is 1. The second kappa shape index (κ2) is 11.2. The largest absolute Gasteiger partial charge is 0.497 e. The molecule has 12 nitrogen and oxygen atoms in total. The molecule has 1 amide bonds. The van der Waals surface area contributed by atoms with Crippen LogP contribution in [0.25, 0.3) is 16.9 Å². The lowest BCUT2D eigenvalue weighted by molar-refractivity contribution is -0.130. The Kier molecular flexibility index (Phi) is 8.08. The summed E-state index contributed by atoms with van der Waals surface area (Å²) in [5.74, 6) is 1.46. The number of fused-ring (bicyclic) bond motifs is 1. The Morgan fingerprint density at radius 1 is 1.33 bits per heavy atom. The van der Waals surface area contributed by atoms with Crippen LogP contribution in [0.1, 0.15) is 12.8 Å². The predicted molar refractivity (Wildman–Crippen MR) is 121 cm³/mol. The molecule has 4 rings (SSSR count). The average Bonchev–Trinajstić information content (AvgIpc) is 3.45. The third-order valence-electron chi connectivity index (χ3n) is 5.16. The molecule has 2 N–H and O–H groups in total. The number of nitrogens with one attached hydrogen (secondary N) is 1. The SMILES string of the molecule is COc1ccc(-n2nnc3cnc(N[C@H]4CCN(C(=O)CCN(C)C)C4)nc32)cc1.O=CO. The maximum Gasteiger partial charge on any atom is 0.290 e. The zero-order valence-corrected chi connectivity index (χ0v) is 18.9. The summed E-state index contributed by atoms with van der Waals surface area (Å²) in [6, 6.07) is 7.65. The van der Waals surface area contributed by atoms with Crippen LogP contribution in [0.15, 0.2) is 30.5 Å². The van der Waals surface area contributed by atoms with Gasteiger partial charge in [0.05, 0.1) is 19.0 Å². The van der Waals surface area contributed by atoms with Crippen molar-refractivity contribution in [3.05, 3.63) is 30.5 Å². The van der Waals surface area contributed by atoms with Crippen LogP contribution >= 0.6 is 0 Å². The highest BCUT2D eigenvalue weighted by molar-refractivity contribution is 5.77. The molecule has 1 fully saturated rings. The van der Waals surface area contributed by atoms with Crippen LogP contribution < -0.4 is 10.1 Å². The second-order valence-electron chi connectivity index (χ2n) is 7.73. The molecule has 33 heavy (non-hydrogen) atoms. The fourth-order valence-corrected chi connectivity index (χ4v) is 3.46. The second-order valence-corrected chi connectivity index (χ2v) is 7.73. The summed E-state index contributed by atoms with van der Waals surface area (Å²) in [4.78, 5) is 33.6. The first kappa shape index (κ1) is 23.9. The minimum absolute atomic E-state index is 0.121. The van der Waals surface area contributed by atoms with Gasteiger partial charge >= 0.3 is 0 Å². The van der Waals surface area contributed by atoms with Crippen LogP contribution in [0.4, 0.5) is 5.95 Å². The van der Waals surface area contributed by atoms with Crippen LogP contribution in [0.3, 0.4) is 0 Å². The summed E-state index contributed by atoms with van der Waals surface area (Å²) < 4.78 is 6.88. The summed E-state index contributed by atoms with van der Waals surface area (Å²) in [5, 5.41) is 18.6. The number of carbonyl (C=O) groups is 2. The lowest BCUT2D eigenvalue weighted by Gasteiger charge is -2.18. The van der Waals surface area contributed by atoms with E-state index in [2.05, 4.69) is 25.6 Å². The normalized spacial score (nSPS) is 15.3. The topological polar surface area (TPSA) is 139 Å². The molecule has 0 aliphatic carbocycles. The van der Waals surface area contributed by atoms with Gasteiger partial charge in [0.1, 0.15) is 5.75 Å². The number of carbonyl (C=O) groups excluding carboxylic acids is 1. The molecule has 0 saturated carbocycles. The van der Waals surface area contributed by atoms with E-state index in [0.717, 1.165) is 30.9 Å². The van der Waals surface area contributed by atoms with Crippen LogP contribution in [0, 0.1) is 0 Å². The highest BCUT2D eigenvalue weighted by Crippen LogP contribution is 2.20. The van der Waals surface area contributed by atoms with Crippen molar-refractivity contribution in [2.45, 2.75) is 18.9 Å². The fourth-order valence-electron chi connectivity index (χ4n) is 3.46. The number of amides is 1. The molecule has 3 aromatic rings. The quantitative estimate of drug-likeness (QED) is 0.493. The minimum Gasteiger partial charge on any atom is -0.497 e. The first-order chi connectivity index (χ1) is 15.9. The van der Waals surface area contributed by atoms with Gasteiger partial charge in [-0.1, -0.05) is 5.21 Å². The van der Waals surface area contributed by atoms with Crippen LogP contribution in [0.2, 0.25) is 0 Å². The van der Waals surface area contributed by atoms with Crippen molar-refractivity contribution in [3.63, 3.8) is 0 Å². The number of likely N-dealkylation sites (tertiary alicyclic amines) is 1. The minimum atomic E-state index is -0.250. The monoisotopic (exact) mass is 456 g/mol. The molecule has 0 radical (unpaired) electrons. The average molecular weight is 457 g/mol. The van der Waals surface area contributed by atoms with Gasteiger partial charge in [0.2, 0.25) is 11.9 Å². The number of rotatable bonds is 7. The third kappa shape index (κ3) is 6.13. The van der Waals surface area contributed by atoms with Crippen molar-refractivity contribution >= 4 is 29.5 Å². The van der Waals surface area contributed by atoms with Gasteiger partial charge < -0.3 is 25.0 Å². The lowest BCUT2D eigenvalue weighted by Crippen LogP contribution is -2.33. The molecule has 2 aromatic heterocycles. The zero-order valence-electron chi connectivity index (χ0n) is 18.9. The molecule has 0 spiro atoms. The van der Waals surface area contributed by atoms with E-state index in [9.17, 15) is 4.79 Å². The van der Waals surface area contributed by atoms with E-state index in [1.54, 1.807) is 18.0 Å². The molecule has 3 heterocycles. The zero-order chi connectivity index (χ0) is 23.8. The Balaban J connectivity index is 0.000000968. The Hall–Kier alpha value is -3.80. The fraction of sp³-hybridized carbons (Fsp3) is 0.429. The molecule has 176 valence electrons. The molecule has 1 aliphatic heterocycles. The van der Waals surface area contributed by atoms with Gasteiger partial charge in [-0.15, -0.1) is 5.10 Å². The third-order valence-corrected chi connectivity index (χ3v) is 5.16. The number of benzene rings is 1. The highest BCUT2D eigenvalue weighted by atomic mass is 16.5. The standard InChI is InChI=1S/C20H26N8O2.CH2O2/c1-26(2)10-9-18(29)27-11-8-14(13-27)22-20-21-12-17-19(23-20)28(25-24-17)15-4-6-16(30-3)7-5-15;2-1-3/h4-7,12,14H,8-11,13H2,1-3H3,(H,21,22,23);1H,(H,2,3)/t14-;/m0./s1. The van der Waals surface area contributed by atoms with E-state index in [0.29, 0.717) is 30.1 Å². The van der Waals surface area contributed by atoms with Crippen LogP contribution in [-0.4, -0.2) is 99.1 Å². The van der Waals surface area contributed by atoms with Crippen molar-refractivity contribution in [2.75, 3.05) is 46.2 Å². The van der Waals surface area contributed by atoms with Gasteiger partial charge in [0.15, 0.2) is 11.2 Å². The van der Waals surface area contributed by atoms with E-state index in [-0.39, 0.29) is 18.4 Å². The van der Waals surface area contributed by atoms with Gasteiger partial charge in [-0.05, 0) is 44.8 Å². The molecule has 0 bridgehead atoms. The number of hydrogen-bond donors (Lipinski definition) is 2. The Morgan fingerprint density at radius 2 is 2.06 bits per heavy atom. The van der Waals surface area contributed by atoms with Crippen molar-refractivity contribution in [1.29, 1.82) is 0 Å². The summed E-state index contributed by atoms with van der Waals surface area (Å²) in [7, 11) is 5.58. The van der Waals surface area contributed by atoms with E-state index in [1.165, 1.54) is 0 Å². The highest BCUT2D eigenvalue weighted by Gasteiger charge is 2.26. The van der Waals surface area contributed by atoms with Gasteiger partial charge in [-0.3, -0.25) is 9.59 Å².